The Morgan fingerprint density at radius 1 is 1.14 bits per heavy atom. The minimum absolute atomic E-state index is 0.00380. The quantitative estimate of drug-likeness (QED) is 0.658. The average molecular weight is 406 g/mol. The molecule has 1 atom stereocenters. The third-order valence-corrected chi connectivity index (χ3v) is 5.84. The van der Waals surface area contributed by atoms with Gasteiger partial charge < -0.3 is 0 Å². The summed E-state index contributed by atoms with van der Waals surface area (Å²) in [5.41, 5.74) is 7.11. The van der Waals surface area contributed by atoms with Crippen LogP contribution in [0.5, 0.6) is 0 Å². The summed E-state index contributed by atoms with van der Waals surface area (Å²) < 4.78 is 0. The second-order valence-corrected chi connectivity index (χ2v) is 8.48. The number of thioether (sulfide) groups is 1. The lowest BCUT2D eigenvalue weighted by Gasteiger charge is -2.24. The summed E-state index contributed by atoms with van der Waals surface area (Å²) in [6, 6.07) is 18.3. The van der Waals surface area contributed by atoms with Crippen LogP contribution in [0.3, 0.4) is 0 Å². The molecule has 0 bridgehead atoms. The molecule has 2 heterocycles. The molecule has 6 nitrogen and oxygen atoms in total. The normalized spacial score (nSPS) is 16.4. The first-order chi connectivity index (χ1) is 14.1. The van der Waals surface area contributed by atoms with Crippen molar-refractivity contribution in [2.45, 2.75) is 25.6 Å². The Balaban J connectivity index is 1.53. The fourth-order valence-corrected chi connectivity index (χ4v) is 4.40. The van der Waals surface area contributed by atoms with E-state index < -0.39 is 0 Å². The number of carbonyl (C=O) groups excluding carboxylic acids is 1. The first kappa shape index (κ1) is 19.4. The van der Waals surface area contributed by atoms with Crippen molar-refractivity contribution >= 4 is 23.6 Å². The zero-order valence-electron chi connectivity index (χ0n) is 16.4. The molecular weight excluding hydrogens is 382 g/mol. The van der Waals surface area contributed by atoms with E-state index in [1.54, 1.807) is 23.0 Å². The highest BCUT2D eigenvalue weighted by Gasteiger charge is 2.33. The van der Waals surface area contributed by atoms with E-state index in [0.29, 0.717) is 23.3 Å². The molecule has 2 aromatic carbocycles. The van der Waals surface area contributed by atoms with Crippen molar-refractivity contribution in [3.8, 4) is 11.3 Å². The summed E-state index contributed by atoms with van der Waals surface area (Å²) >= 11 is 1.58. The van der Waals surface area contributed by atoms with E-state index in [1.807, 2.05) is 30.3 Å². The van der Waals surface area contributed by atoms with Crippen molar-refractivity contribution < 1.29 is 4.79 Å². The lowest BCUT2D eigenvalue weighted by Crippen LogP contribution is -2.34. The number of benzene rings is 2. The minimum Gasteiger partial charge on any atom is -0.272 e. The van der Waals surface area contributed by atoms with E-state index in [4.69, 9.17) is 0 Å². The van der Waals surface area contributed by atoms with Crippen LogP contribution in [0.4, 0.5) is 5.95 Å². The van der Waals surface area contributed by atoms with Crippen molar-refractivity contribution in [1.29, 1.82) is 0 Å². The standard InChI is InChI=1S/C22H23N5OS/c1-15(2)12-16-8-10-17(11-9-16)19-13-23-25-22(24-19)26-27-20(28)14-29-21(27)18-6-4-3-5-7-18/h3-11,13,15,21H,12,14H2,1-2H3,(H,24,25,26). The van der Waals surface area contributed by atoms with Gasteiger partial charge in [0.05, 0.1) is 17.6 Å². The maximum absolute atomic E-state index is 12.4. The second kappa shape index (κ2) is 8.61. The molecule has 29 heavy (non-hydrogen) atoms. The van der Waals surface area contributed by atoms with Gasteiger partial charge in [0, 0.05) is 5.56 Å². The topological polar surface area (TPSA) is 71.0 Å². The van der Waals surface area contributed by atoms with Crippen LogP contribution in [0.2, 0.25) is 0 Å². The third-order valence-electron chi connectivity index (χ3n) is 4.63. The molecule has 1 aliphatic heterocycles. The number of hydrazine groups is 1. The summed E-state index contributed by atoms with van der Waals surface area (Å²) in [6.07, 6.45) is 2.68. The monoisotopic (exact) mass is 405 g/mol. The number of rotatable bonds is 6. The van der Waals surface area contributed by atoms with Crippen molar-refractivity contribution in [2.75, 3.05) is 11.2 Å². The summed E-state index contributed by atoms with van der Waals surface area (Å²) in [7, 11) is 0. The second-order valence-electron chi connectivity index (χ2n) is 7.41. The van der Waals surface area contributed by atoms with E-state index in [9.17, 15) is 4.79 Å². The van der Waals surface area contributed by atoms with Crippen LogP contribution in [0.15, 0.2) is 60.8 Å². The Hall–Kier alpha value is -2.93. The zero-order valence-corrected chi connectivity index (χ0v) is 17.3. The van der Waals surface area contributed by atoms with E-state index >= 15 is 0 Å². The number of nitrogens with zero attached hydrogens (tertiary/aromatic N) is 4. The first-order valence-electron chi connectivity index (χ1n) is 9.64. The van der Waals surface area contributed by atoms with Gasteiger partial charge in [-0.2, -0.15) is 5.10 Å². The van der Waals surface area contributed by atoms with Gasteiger partial charge in [-0.3, -0.25) is 10.2 Å². The van der Waals surface area contributed by atoms with E-state index in [2.05, 4.69) is 58.7 Å². The number of anilines is 1. The molecule has 148 valence electrons. The molecule has 1 aliphatic rings. The van der Waals surface area contributed by atoms with Crippen LogP contribution in [0, 0.1) is 5.92 Å². The van der Waals surface area contributed by atoms with Crippen molar-refractivity contribution in [1.82, 2.24) is 20.2 Å². The van der Waals surface area contributed by atoms with Crippen LogP contribution in [0.25, 0.3) is 11.3 Å². The van der Waals surface area contributed by atoms with E-state index in [-0.39, 0.29) is 11.3 Å². The molecule has 7 heteroatoms. The van der Waals surface area contributed by atoms with Crippen molar-refractivity contribution in [3.05, 3.63) is 71.9 Å². The molecule has 1 amide bonds. The third kappa shape index (κ3) is 4.56. The van der Waals surface area contributed by atoms with Gasteiger partial charge in [-0.15, -0.1) is 16.9 Å². The predicted octanol–water partition coefficient (Wildman–Crippen LogP) is 4.34. The minimum atomic E-state index is -0.119. The number of hydrogen-bond donors (Lipinski definition) is 1. The molecule has 0 spiro atoms. The van der Waals surface area contributed by atoms with Gasteiger partial charge in [0.2, 0.25) is 0 Å². The van der Waals surface area contributed by atoms with Crippen LogP contribution < -0.4 is 5.43 Å². The van der Waals surface area contributed by atoms with E-state index in [0.717, 1.165) is 17.5 Å². The molecular formula is C22H23N5OS. The van der Waals surface area contributed by atoms with Crippen molar-refractivity contribution in [3.63, 3.8) is 0 Å². The molecule has 1 saturated heterocycles. The van der Waals surface area contributed by atoms with Crippen LogP contribution in [-0.2, 0) is 11.2 Å². The summed E-state index contributed by atoms with van der Waals surface area (Å²) in [5.74, 6) is 1.34. The molecule has 0 aliphatic carbocycles. The Kier molecular flexibility index (Phi) is 5.76. The van der Waals surface area contributed by atoms with Gasteiger partial charge >= 0.3 is 0 Å². The van der Waals surface area contributed by atoms with Gasteiger partial charge in [-0.05, 0) is 23.5 Å². The maximum atomic E-state index is 12.4. The number of carbonyl (C=O) groups is 1. The molecule has 1 aromatic heterocycles. The zero-order chi connectivity index (χ0) is 20.2. The Morgan fingerprint density at radius 2 is 1.90 bits per heavy atom. The van der Waals surface area contributed by atoms with Gasteiger partial charge in [0.15, 0.2) is 0 Å². The Labute approximate surface area is 174 Å². The molecule has 0 saturated carbocycles. The highest BCUT2D eigenvalue weighted by atomic mass is 32.2. The van der Waals surface area contributed by atoms with Gasteiger partial charge in [0.1, 0.15) is 5.37 Å². The molecule has 0 radical (unpaired) electrons. The lowest BCUT2D eigenvalue weighted by molar-refractivity contribution is -0.126. The Morgan fingerprint density at radius 3 is 2.62 bits per heavy atom. The summed E-state index contributed by atoms with van der Waals surface area (Å²) in [4.78, 5) is 17.0. The predicted molar refractivity (Wildman–Crippen MR) is 116 cm³/mol. The fraction of sp³-hybridized carbons (Fsp3) is 0.273. The number of hydrogen-bond acceptors (Lipinski definition) is 6. The molecule has 1 unspecified atom stereocenters. The summed E-state index contributed by atoms with van der Waals surface area (Å²) in [6.45, 7) is 4.42. The molecule has 4 rings (SSSR count). The fourth-order valence-electron chi connectivity index (χ4n) is 3.29. The first-order valence-corrected chi connectivity index (χ1v) is 10.7. The number of aromatic nitrogens is 3. The van der Waals surface area contributed by atoms with Crippen LogP contribution in [0.1, 0.15) is 30.3 Å². The smallest absolute Gasteiger partial charge is 0.262 e. The van der Waals surface area contributed by atoms with E-state index in [1.165, 1.54) is 5.56 Å². The number of nitrogens with one attached hydrogen (secondary N) is 1. The lowest BCUT2D eigenvalue weighted by atomic mass is 10.0. The maximum Gasteiger partial charge on any atom is 0.262 e. The van der Waals surface area contributed by atoms with Crippen LogP contribution in [-0.4, -0.2) is 31.9 Å². The Bertz CT molecular complexity index is 978. The highest BCUT2D eigenvalue weighted by Crippen LogP contribution is 2.38. The molecule has 3 aromatic rings. The SMILES string of the molecule is CC(C)Cc1ccc(-c2cnnc(NN3C(=O)CSC3c3ccccc3)n2)cc1. The molecule has 1 fully saturated rings. The van der Waals surface area contributed by atoms with Crippen molar-refractivity contribution in [2.24, 2.45) is 5.92 Å². The highest BCUT2D eigenvalue weighted by molar-refractivity contribution is 8.00. The number of amides is 1. The van der Waals surface area contributed by atoms with Gasteiger partial charge in [-0.25, -0.2) is 9.99 Å². The van der Waals surface area contributed by atoms with Gasteiger partial charge in [0.25, 0.3) is 11.9 Å². The largest absolute Gasteiger partial charge is 0.272 e. The van der Waals surface area contributed by atoms with Gasteiger partial charge in [-0.1, -0.05) is 68.4 Å². The molecule has 1 N–H and O–H groups in total. The summed E-state index contributed by atoms with van der Waals surface area (Å²) in [5, 5.41) is 9.62. The average Bonchev–Trinajstić information content (AvgIpc) is 3.09. The van der Waals surface area contributed by atoms with Crippen LogP contribution >= 0.6 is 11.8 Å².